The number of hydrogen-bond acceptors (Lipinski definition) is 5. The summed E-state index contributed by atoms with van der Waals surface area (Å²) in [5.41, 5.74) is 0.740. The maximum absolute atomic E-state index is 12.3. The Morgan fingerprint density at radius 2 is 1.85 bits per heavy atom. The molecule has 27 heavy (non-hydrogen) atoms. The fourth-order valence-electron chi connectivity index (χ4n) is 3.19. The van der Waals surface area contributed by atoms with Crippen molar-refractivity contribution >= 4 is 34.6 Å². The number of Topliss-reactive ketones (excluding diaryl/α,β-unsaturated/α-hetero) is 1. The van der Waals surface area contributed by atoms with Crippen molar-refractivity contribution in [2.24, 2.45) is 5.92 Å². The number of carbonyl (C=O) groups excluding carboxylic acids is 3. The minimum atomic E-state index is -0.0809. The lowest BCUT2D eigenvalue weighted by molar-refractivity contribution is -0.134. The van der Waals surface area contributed by atoms with E-state index in [4.69, 9.17) is 0 Å². The van der Waals surface area contributed by atoms with Crippen LogP contribution in [-0.4, -0.2) is 40.6 Å². The molecule has 1 saturated heterocycles. The van der Waals surface area contributed by atoms with E-state index in [1.807, 2.05) is 22.4 Å². The summed E-state index contributed by atoms with van der Waals surface area (Å²) in [6.07, 6.45) is 5.95. The van der Waals surface area contributed by atoms with Gasteiger partial charge in [-0.1, -0.05) is 6.07 Å². The van der Waals surface area contributed by atoms with Crippen LogP contribution in [0, 0.1) is 5.92 Å². The molecule has 2 aromatic rings. The smallest absolute Gasteiger partial charge is 0.227 e. The van der Waals surface area contributed by atoms with Crippen LogP contribution in [0.15, 0.2) is 42.0 Å². The first-order valence-corrected chi connectivity index (χ1v) is 10.1. The van der Waals surface area contributed by atoms with Crippen molar-refractivity contribution in [2.45, 2.75) is 32.1 Å². The van der Waals surface area contributed by atoms with Crippen molar-refractivity contribution in [3.63, 3.8) is 0 Å². The predicted molar refractivity (Wildman–Crippen MR) is 105 cm³/mol. The van der Waals surface area contributed by atoms with Gasteiger partial charge >= 0.3 is 0 Å². The highest BCUT2D eigenvalue weighted by Crippen LogP contribution is 2.21. The first-order valence-electron chi connectivity index (χ1n) is 9.19. The summed E-state index contributed by atoms with van der Waals surface area (Å²) in [5.74, 6) is 0.0868. The van der Waals surface area contributed by atoms with Gasteiger partial charge in [-0.15, -0.1) is 11.3 Å². The van der Waals surface area contributed by atoms with Crippen LogP contribution in [0.5, 0.6) is 0 Å². The van der Waals surface area contributed by atoms with Crippen LogP contribution < -0.4 is 5.32 Å². The van der Waals surface area contributed by atoms with E-state index in [9.17, 15) is 14.4 Å². The molecule has 0 aliphatic carbocycles. The van der Waals surface area contributed by atoms with Gasteiger partial charge in [0, 0.05) is 49.9 Å². The Hall–Kier alpha value is -2.54. The second-order valence-electron chi connectivity index (χ2n) is 6.63. The number of hydrogen-bond donors (Lipinski definition) is 1. The Morgan fingerprint density at radius 1 is 1.11 bits per heavy atom. The third-order valence-electron chi connectivity index (χ3n) is 4.76. The molecule has 0 atom stereocenters. The molecule has 0 unspecified atom stereocenters. The molecule has 0 radical (unpaired) electrons. The first-order chi connectivity index (χ1) is 13.1. The summed E-state index contributed by atoms with van der Waals surface area (Å²) in [6.45, 7) is 1.18. The summed E-state index contributed by atoms with van der Waals surface area (Å²) in [4.78, 5) is 43.1. The van der Waals surface area contributed by atoms with Crippen molar-refractivity contribution in [2.75, 3.05) is 18.4 Å². The van der Waals surface area contributed by atoms with E-state index in [-0.39, 0.29) is 23.5 Å². The number of nitrogens with one attached hydrogen (secondary N) is 1. The van der Waals surface area contributed by atoms with E-state index in [2.05, 4.69) is 10.3 Å². The molecule has 2 amide bonds. The van der Waals surface area contributed by atoms with Crippen LogP contribution in [-0.2, 0) is 9.59 Å². The van der Waals surface area contributed by atoms with Gasteiger partial charge < -0.3 is 10.2 Å². The first kappa shape index (κ1) is 19.2. The van der Waals surface area contributed by atoms with Crippen LogP contribution in [0.1, 0.15) is 41.8 Å². The molecule has 0 saturated carbocycles. The normalized spacial score (nSPS) is 14.7. The zero-order valence-electron chi connectivity index (χ0n) is 15.1. The molecule has 0 bridgehead atoms. The lowest BCUT2D eigenvalue weighted by Gasteiger charge is -2.31. The van der Waals surface area contributed by atoms with Gasteiger partial charge in [-0.3, -0.25) is 19.4 Å². The predicted octanol–water partition coefficient (Wildman–Crippen LogP) is 3.37. The van der Waals surface area contributed by atoms with Gasteiger partial charge in [0.15, 0.2) is 5.78 Å². The van der Waals surface area contributed by atoms with E-state index in [1.165, 1.54) is 11.3 Å². The Labute approximate surface area is 162 Å². The van der Waals surface area contributed by atoms with Gasteiger partial charge in [-0.2, -0.15) is 0 Å². The van der Waals surface area contributed by atoms with E-state index in [1.54, 1.807) is 24.5 Å². The molecule has 1 aliphatic rings. The lowest BCUT2D eigenvalue weighted by atomic mass is 9.95. The molecular formula is C20H23N3O3S. The van der Waals surface area contributed by atoms with E-state index >= 15 is 0 Å². The second kappa shape index (κ2) is 9.41. The molecule has 2 aromatic heterocycles. The van der Waals surface area contributed by atoms with Crippen LogP contribution in [0.25, 0.3) is 0 Å². The molecule has 3 rings (SSSR count). The fraction of sp³-hybridized carbons (Fsp3) is 0.400. The number of rotatable bonds is 7. The van der Waals surface area contributed by atoms with Crippen LogP contribution in [0.4, 0.5) is 5.69 Å². The Kier molecular flexibility index (Phi) is 6.70. The molecule has 1 N–H and O–H groups in total. The van der Waals surface area contributed by atoms with Gasteiger partial charge in [0.05, 0.1) is 4.88 Å². The summed E-state index contributed by atoms with van der Waals surface area (Å²) < 4.78 is 0. The largest absolute Gasteiger partial charge is 0.343 e. The van der Waals surface area contributed by atoms with Crippen LogP contribution in [0.3, 0.4) is 0 Å². The number of nitrogens with zero attached hydrogens (tertiary/aromatic N) is 2. The monoisotopic (exact) mass is 385 g/mol. The second-order valence-corrected chi connectivity index (χ2v) is 7.58. The number of pyridine rings is 1. The van der Waals surface area contributed by atoms with Gasteiger partial charge in [0.1, 0.15) is 0 Å². The Bertz CT molecular complexity index is 769. The fourth-order valence-corrected chi connectivity index (χ4v) is 3.88. The highest BCUT2D eigenvalue weighted by atomic mass is 32.1. The van der Waals surface area contributed by atoms with Gasteiger partial charge in [-0.05, 0) is 42.8 Å². The zero-order valence-corrected chi connectivity index (χ0v) is 15.9. The SMILES string of the molecule is O=C(CCCC(=O)N1CCC(C(=O)Nc2ccncc2)CC1)c1cccs1. The van der Waals surface area contributed by atoms with E-state index in [0.29, 0.717) is 45.2 Å². The lowest BCUT2D eigenvalue weighted by Crippen LogP contribution is -2.41. The molecule has 142 valence electrons. The van der Waals surface area contributed by atoms with Crippen LogP contribution in [0.2, 0.25) is 0 Å². The maximum Gasteiger partial charge on any atom is 0.227 e. The number of anilines is 1. The van der Waals surface area contributed by atoms with Gasteiger partial charge in [-0.25, -0.2) is 0 Å². The molecule has 3 heterocycles. The summed E-state index contributed by atoms with van der Waals surface area (Å²) >= 11 is 1.44. The summed E-state index contributed by atoms with van der Waals surface area (Å²) in [5, 5.41) is 4.78. The summed E-state index contributed by atoms with van der Waals surface area (Å²) in [7, 11) is 0. The number of carbonyl (C=O) groups is 3. The number of aromatic nitrogens is 1. The standard InChI is InChI=1S/C20H23N3O3S/c24-17(18-4-2-14-27-18)3-1-5-19(25)23-12-8-15(9-13-23)20(26)22-16-6-10-21-11-7-16/h2,4,6-7,10-11,14-15H,1,3,5,8-9,12-13H2,(H,21,22,26). The number of amides is 2. The average Bonchev–Trinajstić information content (AvgIpc) is 3.23. The van der Waals surface area contributed by atoms with Crippen molar-refractivity contribution in [3.8, 4) is 0 Å². The third-order valence-corrected chi connectivity index (χ3v) is 5.67. The van der Waals surface area contributed by atoms with Gasteiger partial charge in [0.25, 0.3) is 0 Å². The topological polar surface area (TPSA) is 79.4 Å². The van der Waals surface area contributed by atoms with Crippen molar-refractivity contribution < 1.29 is 14.4 Å². The quantitative estimate of drug-likeness (QED) is 0.741. The molecule has 1 fully saturated rings. The van der Waals surface area contributed by atoms with E-state index in [0.717, 1.165) is 10.6 Å². The minimum Gasteiger partial charge on any atom is -0.343 e. The highest BCUT2D eigenvalue weighted by Gasteiger charge is 2.27. The summed E-state index contributed by atoms with van der Waals surface area (Å²) in [6, 6.07) is 7.19. The molecule has 1 aliphatic heterocycles. The van der Waals surface area contributed by atoms with Gasteiger partial charge in [0.2, 0.25) is 11.8 Å². The number of piperidine rings is 1. The van der Waals surface area contributed by atoms with Crippen molar-refractivity contribution in [1.29, 1.82) is 0 Å². The maximum atomic E-state index is 12.3. The average molecular weight is 385 g/mol. The van der Waals surface area contributed by atoms with Crippen LogP contribution >= 0.6 is 11.3 Å². The van der Waals surface area contributed by atoms with E-state index < -0.39 is 0 Å². The highest BCUT2D eigenvalue weighted by molar-refractivity contribution is 7.12. The van der Waals surface area contributed by atoms with Crippen molar-refractivity contribution in [1.82, 2.24) is 9.88 Å². The molecule has 7 heteroatoms. The molecular weight excluding hydrogens is 362 g/mol. The number of ketones is 1. The molecule has 0 aromatic carbocycles. The number of thiophene rings is 1. The van der Waals surface area contributed by atoms with Crippen molar-refractivity contribution in [3.05, 3.63) is 46.9 Å². The Morgan fingerprint density at radius 3 is 2.52 bits per heavy atom. The Balaban J connectivity index is 1.37. The molecule has 6 nitrogen and oxygen atoms in total. The zero-order chi connectivity index (χ0) is 19.1. The number of likely N-dealkylation sites (tertiary alicyclic amines) is 1. The third kappa shape index (κ3) is 5.47. The minimum absolute atomic E-state index is 0.00477. The molecule has 0 spiro atoms.